The van der Waals surface area contributed by atoms with Gasteiger partial charge in [0.1, 0.15) is 0 Å². The van der Waals surface area contributed by atoms with Crippen molar-refractivity contribution in [2.45, 2.75) is 50.4 Å². The molecule has 0 aromatic heterocycles. The maximum absolute atomic E-state index is 6.08. The van der Waals surface area contributed by atoms with Crippen molar-refractivity contribution in [2.24, 2.45) is 5.73 Å². The van der Waals surface area contributed by atoms with Crippen LogP contribution in [0.3, 0.4) is 0 Å². The van der Waals surface area contributed by atoms with Crippen LogP contribution in [0.15, 0.2) is 30.3 Å². The van der Waals surface area contributed by atoms with Gasteiger partial charge in [-0.25, -0.2) is 0 Å². The summed E-state index contributed by atoms with van der Waals surface area (Å²) in [6.45, 7) is 1.11. The van der Waals surface area contributed by atoms with Crippen molar-refractivity contribution in [3.63, 3.8) is 0 Å². The van der Waals surface area contributed by atoms with E-state index in [1.807, 2.05) is 0 Å². The lowest BCUT2D eigenvalue weighted by Crippen LogP contribution is -2.46. The van der Waals surface area contributed by atoms with Crippen molar-refractivity contribution < 1.29 is 0 Å². The minimum Gasteiger partial charge on any atom is -0.328 e. The third kappa shape index (κ3) is 1.87. The number of piperidine rings is 1. The van der Waals surface area contributed by atoms with Gasteiger partial charge in [0.15, 0.2) is 0 Å². The quantitative estimate of drug-likeness (QED) is 0.820. The summed E-state index contributed by atoms with van der Waals surface area (Å²) in [5.74, 6) is 0. The Balaban J connectivity index is 1.72. The summed E-state index contributed by atoms with van der Waals surface area (Å²) in [5.41, 5.74) is 7.52. The molecule has 2 saturated heterocycles. The molecule has 3 rings (SSSR count). The summed E-state index contributed by atoms with van der Waals surface area (Å²) in [7, 11) is 0. The largest absolute Gasteiger partial charge is 0.328 e. The zero-order chi connectivity index (χ0) is 11.0. The lowest BCUT2D eigenvalue weighted by molar-refractivity contribution is 0.120. The first-order valence-electron chi connectivity index (χ1n) is 6.38. The van der Waals surface area contributed by atoms with E-state index in [0.29, 0.717) is 6.04 Å². The predicted molar refractivity (Wildman–Crippen MR) is 66.0 cm³/mol. The summed E-state index contributed by atoms with van der Waals surface area (Å²) in [6.07, 6.45) is 5.10. The summed E-state index contributed by atoms with van der Waals surface area (Å²) >= 11 is 0. The summed E-state index contributed by atoms with van der Waals surface area (Å²) in [5, 5.41) is 0. The maximum atomic E-state index is 6.08. The number of fused-ring (bicyclic) bond motifs is 2. The minimum atomic E-state index is 0.449. The van der Waals surface area contributed by atoms with Gasteiger partial charge in [-0.2, -0.15) is 0 Å². The second-order valence-corrected chi connectivity index (χ2v) is 5.27. The first-order chi connectivity index (χ1) is 7.83. The molecule has 2 aliphatic rings. The first-order valence-corrected chi connectivity index (χ1v) is 6.38. The van der Waals surface area contributed by atoms with Crippen LogP contribution in [-0.2, 0) is 6.54 Å². The Morgan fingerprint density at radius 1 is 1.06 bits per heavy atom. The van der Waals surface area contributed by atoms with E-state index in [0.717, 1.165) is 18.6 Å². The van der Waals surface area contributed by atoms with Gasteiger partial charge >= 0.3 is 0 Å². The van der Waals surface area contributed by atoms with Gasteiger partial charge in [-0.15, -0.1) is 0 Å². The lowest BCUT2D eigenvalue weighted by Gasteiger charge is -2.37. The monoisotopic (exact) mass is 216 g/mol. The van der Waals surface area contributed by atoms with E-state index >= 15 is 0 Å². The molecule has 1 aromatic carbocycles. The molecule has 1 aromatic rings. The number of rotatable bonds is 2. The zero-order valence-electron chi connectivity index (χ0n) is 9.68. The van der Waals surface area contributed by atoms with Crippen molar-refractivity contribution in [1.29, 1.82) is 0 Å². The predicted octanol–water partition coefficient (Wildman–Crippen LogP) is 2.14. The summed E-state index contributed by atoms with van der Waals surface area (Å²) in [4.78, 5) is 2.68. The average Bonchev–Trinajstić information content (AvgIpc) is 2.54. The van der Waals surface area contributed by atoms with Gasteiger partial charge in [-0.1, -0.05) is 30.3 Å². The number of hydrogen-bond donors (Lipinski definition) is 1. The van der Waals surface area contributed by atoms with Gasteiger partial charge in [-0.05, 0) is 31.2 Å². The molecule has 0 amide bonds. The highest BCUT2D eigenvalue weighted by Crippen LogP contribution is 2.35. The second-order valence-electron chi connectivity index (χ2n) is 5.27. The maximum Gasteiger partial charge on any atom is 0.0239 e. The average molecular weight is 216 g/mol. The summed E-state index contributed by atoms with van der Waals surface area (Å²) in [6, 6.07) is 12.7. The Bertz CT molecular complexity index is 335. The third-order valence-electron chi connectivity index (χ3n) is 4.13. The highest BCUT2D eigenvalue weighted by molar-refractivity contribution is 5.15. The van der Waals surface area contributed by atoms with Crippen molar-refractivity contribution in [2.75, 3.05) is 0 Å². The number of nitrogens with zero attached hydrogens (tertiary/aromatic N) is 1. The topological polar surface area (TPSA) is 29.3 Å². The molecule has 0 spiro atoms. The molecule has 0 radical (unpaired) electrons. The van der Waals surface area contributed by atoms with Crippen LogP contribution in [0, 0.1) is 0 Å². The molecule has 2 atom stereocenters. The van der Waals surface area contributed by atoms with E-state index in [2.05, 4.69) is 35.2 Å². The molecular weight excluding hydrogens is 196 g/mol. The van der Waals surface area contributed by atoms with E-state index in [9.17, 15) is 0 Å². The van der Waals surface area contributed by atoms with Gasteiger partial charge in [0, 0.05) is 24.7 Å². The molecule has 0 aliphatic carbocycles. The SMILES string of the molecule is NC1C[C@@H]2CC[C@@H](C1)N2Cc1ccccc1. The highest BCUT2D eigenvalue weighted by atomic mass is 15.2. The Morgan fingerprint density at radius 2 is 1.69 bits per heavy atom. The highest BCUT2D eigenvalue weighted by Gasteiger charge is 2.39. The molecule has 2 aliphatic heterocycles. The fraction of sp³-hybridized carbons (Fsp3) is 0.571. The number of hydrogen-bond acceptors (Lipinski definition) is 2. The van der Waals surface area contributed by atoms with Crippen LogP contribution >= 0.6 is 0 Å². The first kappa shape index (κ1) is 10.3. The summed E-state index contributed by atoms with van der Waals surface area (Å²) < 4.78 is 0. The number of nitrogens with two attached hydrogens (primary N) is 1. The van der Waals surface area contributed by atoms with Gasteiger partial charge in [-0.3, -0.25) is 4.90 Å². The fourth-order valence-corrected chi connectivity index (χ4v) is 3.37. The van der Waals surface area contributed by atoms with E-state index in [1.165, 1.54) is 31.2 Å². The minimum absolute atomic E-state index is 0.449. The molecule has 16 heavy (non-hydrogen) atoms. The van der Waals surface area contributed by atoms with Crippen LogP contribution in [0.25, 0.3) is 0 Å². The number of benzene rings is 1. The second kappa shape index (κ2) is 4.19. The van der Waals surface area contributed by atoms with Gasteiger partial charge in [0.25, 0.3) is 0 Å². The smallest absolute Gasteiger partial charge is 0.0239 e. The van der Waals surface area contributed by atoms with Crippen LogP contribution in [0.2, 0.25) is 0 Å². The molecule has 2 N–H and O–H groups in total. The fourth-order valence-electron chi connectivity index (χ4n) is 3.37. The molecule has 2 heterocycles. The molecule has 2 nitrogen and oxygen atoms in total. The van der Waals surface area contributed by atoms with Gasteiger partial charge in [0.05, 0.1) is 0 Å². The van der Waals surface area contributed by atoms with E-state index < -0.39 is 0 Å². The van der Waals surface area contributed by atoms with Crippen LogP contribution in [0.4, 0.5) is 0 Å². The van der Waals surface area contributed by atoms with E-state index in [4.69, 9.17) is 5.73 Å². The molecule has 86 valence electrons. The standard InChI is InChI=1S/C14H20N2/c15-12-8-13-6-7-14(9-12)16(13)10-11-4-2-1-3-5-11/h1-5,12-14H,6-10,15H2/t13-,14-/m0/s1. The van der Waals surface area contributed by atoms with E-state index in [1.54, 1.807) is 0 Å². The van der Waals surface area contributed by atoms with Crippen molar-refractivity contribution in [3.8, 4) is 0 Å². The Kier molecular flexibility index (Phi) is 2.70. The van der Waals surface area contributed by atoms with Crippen LogP contribution in [-0.4, -0.2) is 23.0 Å². The van der Waals surface area contributed by atoms with Crippen molar-refractivity contribution >= 4 is 0 Å². The zero-order valence-corrected chi connectivity index (χ0v) is 9.68. The van der Waals surface area contributed by atoms with E-state index in [-0.39, 0.29) is 0 Å². The van der Waals surface area contributed by atoms with Crippen molar-refractivity contribution in [3.05, 3.63) is 35.9 Å². The molecule has 2 bridgehead atoms. The molecular formula is C14H20N2. The van der Waals surface area contributed by atoms with Gasteiger partial charge in [0.2, 0.25) is 0 Å². The molecule has 0 unspecified atom stereocenters. The molecule has 2 heteroatoms. The van der Waals surface area contributed by atoms with Crippen LogP contribution in [0.1, 0.15) is 31.2 Å². The third-order valence-corrected chi connectivity index (χ3v) is 4.13. The Hall–Kier alpha value is -0.860. The lowest BCUT2D eigenvalue weighted by atomic mass is 9.97. The Labute approximate surface area is 97.4 Å². The molecule has 0 saturated carbocycles. The van der Waals surface area contributed by atoms with Crippen molar-refractivity contribution in [1.82, 2.24) is 4.90 Å². The normalized spacial score (nSPS) is 34.2. The van der Waals surface area contributed by atoms with Gasteiger partial charge < -0.3 is 5.73 Å². The molecule has 2 fully saturated rings. The Morgan fingerprint density at radius 3 is 2.31 bits per heavy atom. The van der Waals surface area contributed by atoms with Crippen LogP contribution < -0.4 is 5.73 Å². The van der Waals surface area contributed by atoms with Crippen LogP contribution in [0.5, 0.6) is 0 Å².